The normalized spacial score (nSPS) is 14.0. The van der Waals surface area contributed by atoms with E-state index in [4.69, 9.17) is 5.10 Å². The first-order valence-corrected chi connectivity index (χ1v) is 11.4. The first-order valence-electron chi connectivity index (χ1n) is 11.4. The highest BCUT2D eigenvalue weighted by Gasteiger charge is 2.20. The van der Waals surface area contributed by atoms with Crippen molar-refractivity contribution >= 4 is 17.7 Å². The largest absolute Gasteiger partial charge is 0.368 e. The number of para-hydroxylation sites is 1. The minimum Gasteiger partial charge on any atom is -0.368 e. The molecule has 0 spiro atoms. The fourth-order valence-electron chi connectivity index (χ4n) is 4.15. The Labute approximate surface area is 198 Å². The molecule has 0 atom stereocenters. The summed E-state index contributed by atoms with van der Waals surface area (Å²) in [5.41, 5.74) is 4.65. The van der Waals surface area contributed by atoms with Gasteiger partial charge in [0, 0.05) is 55.3 Å². The van der Waals surface area contributed by atoms with E-state index >= 15 is 0 Å². The highest BCUT2D eigenvalue weighted by molar-refractivity contribution is 5.93. The van der Waals surface area contributed by atoms with E-state index in [1.165, 1.54) is 12.1 Å². The second-order valence-corrected chi connectivity index (χ2v) is 8.20. The monoisotopic (exact) mass is 452 g/mol. The van der Waals surface area contributed by atoms with Crippen molar-refractivity contribution in [1.29, 1.82) is 0 Å². The first kappa shape index (κ1) is 21.6. The smallest absolute Gasteiger partial charge is 0.246 e. The molecule has 1 amide bonds. The molecule has 4 aromatic rings. The van der Waals surface area contributed by atoms with Gasteiger partial charge in [0.2, 0.25) is 5.91 Å². The Bertz CT molecular complexity index is 1280. The molecule has 0 aliphatic carbocycles. The van der Waals surface area contributed by atoms with Crippen molar-refractivity contribution in [3.8, 4) is 16.9 Å². The summed E-state index contributed by atoms with van der Waals surface area (Å²) in [6.07, 6.45) is 5.43. The average Bonchev–Trinajstić information content (AvgIpc) is 3.33. The Morgan fingerprint density at radius 1 is 0.794 bits per heavy atom. The fraction of sp³-hybridized carbons (Fsp3) is 0.143. The molecule has 0 radical (unpaired) electrons. The number of anilines is 1. The molecule has 1 saturated heterocycles. The number of hydrogen-bond acceptors (Lipinski definition) is 3. The van der Waals surface area contributed by atoms with Gasteiger partial charge >= 0.3 is 0 Å². The molecule has 34 heavy (non-hydrogen) atoms. The van der Waals surface area contributed by atoms with Gasteiger partial charge < -0.3 is 9.80 Å². The highest BCUT2D eigenvalue weighted by Crippen LogP contribution is 2.25. The zero-order valence-electron chi connectivity index (χ0n) is 18.7. The van der Waals surface area contributed by atoms with Gasteiger partial charge in [0.05, 0.1) is 11.4 Å². The molecule has 0 N–H and O–H groups in total. The first-order chi connectivity index (χ1) is 16.7. The summed E-state index contributed by atoms with van der Waals surface area (Å²) in [6, 6.07) is 26.4. The second kappa shape index (κ2) is 9.75. The van der Waals surface area contributed by atoms with Gasteiger partial charge in [0.25, 0.3) is 0 Å². The summed E-state index contributed by atoms with van der Waals surface area (Å²) in [6.45, 7) is 2.67. The zero-order chi connectivity index (χ0) is 23.3. The number of rotatable bonds is 5. The Morgan fingerprint density at radius 3 is 2.12 bits per heavy atom. The Kier molecular flexibility index (Phi) is 6.21. The topological polar surface area (TPSA) is 41.4 Å². The maximum atomic E-state index is 13.2. The maximum absolute atomic E-state index is 13.2. The number of aromatic nitrogens is 2. The van der Waals surface area contributed by atoms with E-state index in [1.807, 2.05) is 82.5 Å². The molecule has 0 unspecified atom stereocenters. The molecule has 2 heterocycles. The summed E-state index contributed by atoms with van der Waals surface area (Å²) in [4.78, 5) is 16.9. The minimum absolute atomic E-state index is 0.0229. The number of carbonyl (C=O) groups excluding carboxylic acids is 1. The molecular formula is C28H25FN4O. The van der Waals surface area contributed by atoms with Gasteiger partial charge in [0.15, 0.2) is 0 Å². The third-order valence-corrected chi connectivity index (χ3v) is 6.00. The number of halogens is 1. The Morgan fingerprint density at radius 2 is 1.44 bits per heavy atom. The van der Waals surface area contributed by atoms with Crippen molar-refractivity contribution in [2.45, 2.75) is 0 Å². The van der Waals surface area contributed by atoms with Gasteiger partial charge in [-0.1, -0.05) is 48.5 Å². The fourth-order valence-corrected chi connectivity index (χ4v) is 4.15. The molecule has 1 aromatic heterocycles. The number of hydrogen-bond donors (Lipinski definition) is 0. The second-order valence-electron chi connectivity index (χ2n) is 8.20. The van der Waals surface area contributed by atoms with Crippen LogP contribution in [-0.4, -0.2) is 46.8 Å². The van der Waals surface area contributed by atoms with E-state index < -0.39 is 0 Å². The van der Waals surface area contributed by atoms with Gasteiger partial charge in [-0.2, -0.15) is 5.10 Å². The number of carbonyl (C=O) groups is 1. The van der Waals surface area contributed by atoms with Crippen molar-refractivity contribution < 1.29 is 9.18 Å². The third kappa shape index (κ3) is 4.76. The van der Waals surface area contributed by atoms with Crippen molar-refractivity contribution in [3.63, 3.8) is 0 Å². The van der Waals surface area contributed by atoms with Crippen LogP contribution < -0.4 is 4.90 Å². The minimum atomic E-state index is -0.242. The van der Waals surface area contributed by atoms with Crippen LogP contribution in [0.25, 0.3) is 23.0 Å². The number of nitrogens with zero attached hydrogens (tertiary/aromatic N) is 4. The molecular weight excluding hydrogens is 427 g/mol. The summed E-state index contributed by atoms with van der Waals surface area (Å²) >= 11 is 0. The third-order valence-electron chi connectivity index (χ3n) is 6.00. The lowest BCUT2D eigenvalue weighted by atomic mass is 10.1. The van der Waals surface area contributed by atoms with Crippen LogP contribution in [0.4, 0.5) is 10.1 Å². The SMILES string of the molecule is O=C(C=Cc1cn(-c2ccccc2)nc1-c1ccccc1)N1CCN(c2ccc(F)cc2)CC1. The number of piperazine rings is 1. The molecule has 1 aliphatic rings. The molecule has 0 saturated carbocycles. The molecule has 1 fully saturated rings. The van der Waals surface area contributed by atoms with Crippen LogP contribution in [0.5, 0.6) is 0 Å². The molecule has 5 rings (SSSR count). The van der Waals surface area contributed by atoms with Crippen LogP contribution in [0.15, 0.2) is 97.2 Å². The molecule has 170 valence electrons. The average molecular weight is 453 g/mol. The van der Waals surface area contributed by atoms with Gasteiger partial charge in [-0.25, -0.2) is 9.07 Å². The maximum Gasteiger partial charge on any atom is 0.246 e. The van der Waals surface area contributed by atoms with E-state index in [9.17, 15) is 9.18 Å². The lowest BCUT2D eigenvalue weighted by molar-refractivity contribution is -0.126. The number of amides is 1. The van der Waals surface area contributed by atoms with Crippen LogP contribution in [0.2, 0.25) is 0 Å². The van der Waals surface area contributed by atoms with Crippen molar-refractivity contribution in [2.24, 2.45) is 0 Å². The van der Waals surface area contributed by atoms with E-state index in [1.54, 1.807) is 18.2 Å². The van der Waals surface area contributed by atoms with Crippen LogP contribution >= 0.6 is 0 Å². The summed E-state index contributed by atoms with van der Waals surface area (Å²) in [5, 5.41) is 4.80. The highest BCUT2D eigenvalue weighted by atomic mass is 19.1. The zero-order valence-corrected chi connectivity index (χ0v) is 18.7. The Hall–Kier alpha value is -4.19. The standard InChI is InChI=1S/C28H25FN4O/c29-24-12-14-25(15-13-24)31-17-19-32(20-18-31)27(34)16-11-23-21-33(26-9-5-2-6-10-26)30-28(23)22-7-3-1-4-8-22/h1-16,21H,17-20H2. The lowest BCUT2D eigenvalue weighted by Gasteiger charge is -2.35. The van der Waals surface area contributed by atoms with E-state index in [0.29, 0.717) is 26.2 Å². The van der Waals surface area contributed by atoms with Gasteiger partial charge in [0.1, 0.15) is 5.82 Å². The number of benzene rings is 3. The van der Waals surface area contributed by atoms with Gasteiger partial charge in [-0.3, -0.25) is 4.79 Å². The summed E-state index contributed by atoms with van der Waals surface area (Å²) < 4.78 is 15.0. The van der Waals surface area contributed by atoms with Crippen molar-refractivity contribution in [1.82, 2.24) is 14.7 Å². The van der Waals surface area contributed by atoms with E-state index in [2.05, 4.69) is 4.90 Å². The van der Waals surface area contributed by atoms with Crippen LogP contribution in [0, 0.1) is 5.82 Å². The van der Waals surface area contributed by atoms with Crippen LogP contribution in [-0.2, 0) is 4.79 Å². The quantitative estimate of drug-likeness (QED) is 0.399. The predicted octanol–water partition coefficient (Wildman–Crippen LogP) is 5.04. The van der Waals surface area contributed by atoms with Crippen molar-refractivity contribution in [3.05, 3.63) is 109 Å². The van der Waals surface area contributed by atoms with Crippen LogP contribution in [0.1, 0.15) is 5.56 Å². The van der Waals surface area contributed by atoms with Gasteiger partial charge in [-0.15, -0.1) is 0 Å². The molecule has 0 bridgehead atoms. The van der Waals surface area contributed by atoms with E-state index in [0.717, 1.165) is 28.2 Å². The van der Waals surface area contributed by atoms with Crippen molar-refractivity contribution in [2.75, 3.05) is 31.1 Å². The molecule has 1 aliphatic heterocycles. The molecule has 3 aromatic carbocycles. The Balaban J connectivity index is 1.32. The van der Waals surface area contributed by atoms with E-state index in [-0.39, 0.29) is 11.7 Å². The van der Waals surface area contributed by atoms with Gasteiger partial charge in [-0.05, 0) is 42.5 Å². The van der Waals surface area contributed by atoms with Crippen LogP contribution in [0.3, 0.4) is 0 Å². The molecule has 6 heteroatoms. The lowest BCUT2D eigenvalue weighted by Crippen LogP contribution is -2.48. The molecule has 5 nitrogen and oxygen atoms in total. The predicted molar refractivity (Wildman–Crippen MR) is 133 cm³/mol. The summed E-state index contributed by atoms with van der Waals surface area (Å²) in [5.74, 6) is -0.265. The summed E-state index contributed by atoms with van der Waals surface area (Å²) in [7, 11) is 0.